The lowest BCUT2D eigenvalue weighted by molar-refractivity contribution is -0.385. The molecule has 0 aliphatic carbocycles. The Balaban J connectivity index is 2.52. The van der Waals surface area contributed by atoms with E-state index < -0.39 is 25.9 Å². The number of nitro groups is 2. The maximum atomic E-state index is 13.2. The number of non-ortho nitro benzene ring substituents is 2. The molecule has 27 heavy (non-hydrogen) atoms. The highest BCUT2D eigenvalue weighted by molar-refractivity contribution is 7.89. The largest absolute Gasteiger partial charge is 0.448 e. The zero-order chi connectivity index (χ0) is 20.0. The van der Waals surface area contributed by atoms with Gasteiger partial charge in [0, 0.05) is 24.3 Å². The van der Waals surface area contributed by atoms with Gasteiger partial charge in [0.25, 0.3) is 11.4 Å². The third-order valence-electron chi connectivity index (χ3n) is 3.05. The van der Waals surface area contributed by atoms with Crippen LogP contribution in [-0.2, 0) is 14.7 Å². The van der Waals surface area contributed by atoms with Crippen LogP contribution in [0.1, 0.15) is 6.92 Å². The van der Waals surface area contributed by atoms with E-state index in [4.69, 9.17) is 4.18 Å². The molecule has 11 nitrogen and oxygen atoms in total. The Labute approximate surface area is 153 Å². The molecule has 0 saturated heterocycles. The maximum Gasteiger partial charge on any atom is 0.444 e. The van der Waals surface area contributed by atoms with Crippen LogP contribution in [0.2, 0.25) is 0 Å². The lowest BCUT2D eigenvalue weighted by atomic mass is 10.3. The quantitative estimate of drug-likeness (QED) is 0.532. The van der Waals surface area contributed by atoms with Crippen molar-refractivity contribution in [1.82, 2.24) is 0 Å². The lowest BCUT2D eigenvalue weighted by Gasteiger charge is -2.11. The summed E-state index contributed by atoms with van der Waals surface area (Å²) in [5.41, 5.74) is -0.613. The minimum absolute atomic E-state index is 0.0374. The minimum Gasteiger partial charge on any atom is -0.448 e. The summed E-state index contributed by atoms with van der Waals surface area (Å²) in [6.07, 6.45) is -1.18. The first-order valence-corrected chi connectivity index (χ1v) is 8.81. The van der Waals surface area contributed by atoms with Gasteiger partial charge in [-0.05, 0) is 25.1 Å². The fourth-order valence-electron chi connectivity index (χ4n) is 1.88. The Kier molecular flexibility index (Phi) is 6.03. The Bertz CT molecular complexity index is 996. The topological polar surface area (TPSA) is 151 Å². The molecule has 2 aromatic rings. The molecule has 0 aliphatic rings. The fraction of sp³-hybridized carbons (Fsp3) is 0.133. The molecule has 0 N–H and O–H groups in total. The number of hydrogen-bond donors (Lipinski definition) is 0. The highest BCUT2D eigenvalue weighted by Gasteiger charge is 2.21. The highest BCUT2D eigenvalue weighted by Crippen LogP contribution is 2.25. The second-order valence-corrected chi connectivity index (χ2v) is 6.62. The number of rotatable bonds is 6. The summed E-state index contributed by atoms with van der Waals surface area (Å²) in [5.74, 6) is -0.0924. The molecule has 1 unspecified atom stereocenters. The van der Waals surface area contributed by atoms with E-state index in [-0.39, 0.29) is 28.6 Å². The molecule has 142 valence electrons. The number of nitro benzene ring substituents is 2. The molecular weight excluding hydrogens is 382 g/mol. The van der Waals surface area contributed by atoms with Gasteiger partial charge in [0.15, 0.2) is 0 Å². The number of amides is 1. The molecule has 2 rings (SSSR count). The van der Waals surface area contributed by atoms with Crippen molar-refractivity contribution in [1.29, 1.82) is 0 Å². The summed E-state index contributed by atoms with van der Waals surface area (Å²) in [6, 6.07) is 9.15. The third kappa shape index (κ3) is 4.98. The zero-order valence-corrected chi connectivity index (χ0v) is 14.7. The van der Waals surface area contributed by atoms with Gasteiger partial charge in [-0.2, -0.15) is 0 Å². The normalized spacial score (nSPS) is 12.5. The highest BCUT2D eigenvalue weighted by atomic mass is 32.2. The molecule has 0 radical (unpaired) electrons. The van der Waals surface area contributed by atoms with Crippen molar-refractivity contribution in [2.75, 3.05) is 6.61 Å². The van der Waals surface area contributed by atoms with Gasteiger partial charge in [-0.3, -0.25) is 20.2 Å². The first-order chi connectivity index (χ1) is 12.7. The van der Waals surface area contributed by atoms with Crippen molar-refractivity contribution in [2.24, 2.45) is 4.36 Å². The van der Waals surface area contributed by atoms with E-state index in [0.29, 0.717) is 0 Å². The van der Waals surface area contributed by atoms with Crippen LogP contribution < -0.4 is 4.18 Å². The molecule has 0 aromatic heterocycles. The maximum absolute atomic E-state index is 13.2. The van der Waals surface area contributed by atoms with Crippen molar-refractivity contribution < 1.29 is 27.8 Å². The van der Waals surface area contributed by atoms with Gasteiger partial charge < -0.3 is 8.92 Å². The van der Waals surface area contributed by atoms with E-state index in [2.05, 4.69) is 9.10 Å². The fourth-order valence-corrected chi connectivity index (χ4v) is 3.26. The molecule has 0 aliphatic heterocycles. The van der Waals surface area contributed by atoms with Crippen LogP contribution in [-0.4, -0.2) is 26.8 Å². The van der Waals surface area contributed by atoms with Gasteiger partial charge in [-0.1, -0.05) is 10.4 Å². The van der Waals surface area contributed by atoms with E-state index in [1.54, 1.807) is 0 Å². The molecule has 0 heterocycles. The SMILES string of the molecule is CCOC(=O)N=S(=O)(Oc1ccc([N+](=O)[O-])cc1)c1cccc([N+](=O)[O-])c1. The van der Waals surface area contributed by atoms with Gasteiger partial charge >= 0.3 is 6.09 Å². The summed E-state index contributed by atoms with van der Waals surface area (Å²) in [6.45, 7) is 1.48. The first-order valence-electron chi connectivity index (χ1n) is 7.37. The number of hydrogen-bond acceptors (Lipinski definition) is 8. The monoisotopic (exact) mass is 395 g/mol. The van der Waals surface area contributed by atoms with Gasteiger partial charge in [0.2, 0.25) is 10.0 Å². The van der Waals surface area contributed by atoms with Crippen LogP contribution >= 0.6 is 0 Å². The predicted octanol–water partition coefficient (Wildman–Crippen LogP) is 3.48. The van der Waals surface area contributed by atoms with Crippen LogP contribution in [0.4, 0.5) is 16.2 Å². The van der Waals surface area contributed by atoms with Crippen LogP contribution in [0, 0.1) is 20.2 Å². The van der Waals surface area contributed by atoms with Gasteiger partial charge in [-0.25, -0.2) is 9.00 Å². The van der Waals surface area contributed by atoms with E-state index in [1.165, 1.54) is 25.1 Å². The molecular formula is C15H13N3O8S. The van der Waals surface area contributed by atoms with Crippen LogP contribution in [0.5, 0.6) is 5.75 Å². The van der Waals surface area contributed by atoms with Crippen molar-refractivity contribution >= 4 is 27.5 Å². The standard InChI is InChI=1S/C15H13N3O8S/c1-2-25-15(19)16-27(24,14-5-3-4-12(10-14)18(22)23)26-13-8-6-11(7-9-13)17(20)21/h3-10H,2H2,1H3. The van der Waals surface area contributed by atoms with Crippen LogP contribution in [0.3, 0.4) is 0 Å². The molecule has 0 fully saturated rings. The molecule has 1 atom stereocenters. The lowest BCUT2D eigenvalue weighted by Crippen LogP contribution is -2.13. The first kappa shape index (κ1) is 19.8. The zero-order valence-electron chi connectivity index (χ0n) is 13.8. The number of benzene rings is 2. The van der Waals surface area contributed by atoms with Crippen LogP contribution in [0.15, 0.2) is 57.8 Å². The van der Waals surface area contributed by atoms with Gasteiger partial charge in [0.1, 0.15) is 5.75 Å². The molecule has 0 bridgehead atoms. The van der Waals surface area contributed by atoms with E-state index >= 15 is 0 Å². The smallest absolute Gasteiger partial charge is 0.444 e. The Morgan fingerprint density at radius 1 is 1.07 bits per heavy atom. The van der Waals surface area contributed by atoms with Crippen molar-refractivity contribution in [3.8, 4) is 5.75 Å². The number of carbonyl (C=O) groups is 1. The Hall–Kier alpha value is -3.54. The molecule has 0 spiro atoms. The molecule has 1 amide bonds. The average Bonchev–Trinajstić information content (AvgIpc) is 2.62. The Morgan fingerprint density at radius 2 is 1.70 bits per heavy atom. The van der Waals surface area contributed by atoms with E-state index in [1.807, 2.05) is 0 Å². The summed E-state index contributed by atoms with van der Waals surface area (Å²) in [7, 11) is -3.96. The summed E-state index contributed by atoms with van der Waals surface area (Å²) < 4.78 is 26.5. The van der Waals surface area contributed by atoms with Crippen LogP contribution in [0.25, 0.3) is 0 Å². The summed E-state index contributed by atoms with van der Waals surface area (Å²) in [4.78, 5) is 31.8. The Morgan fingerprint density at radius 3 is 2.26 bits per heavy atom. The van der Waals surface area contributed by atoms with E-state index in [0.717, 1.165) is 30.3 Å². The molecule has 0 saturated carbocycles. The number of ether oxygens (including phenoxy) is 1. The van der Waals surface area contributed by atoms with Crippen molar-refractivity contribution in [2.45, 2.75) is 11.8 Å². The van der Waals surface area contributed by atoms with Crippen molar-refractivity contribution in [3.63, 3.8) is 0 Å². The second-order valence-electron chi connectivity index (χ2n) is 4.85. The third-order valence-corrected chi connectivity index (χ3v) is 4.70. The molecule has 2 aromatic carbocycles. The number of nitrogens with zero attached hydrogens (tertiary/aromatic N) is 3. The average molecular weight is 395 g/mol. The molecule has 12 heteroatoms. The predicted molar refractivity (Wildman–Crippen MR) is 92.7 cm³/mol. The minimum atomic E-state index is -3.96. The van der Waals surface area contributed by atoms with Gasteiger partial charge in [-0.15, -0.1) is 0 Å². The number of carbonyl (C=O) groups excluding carboxylic acids is 1. The summed E-state index contributed by atoms with van der Waals surface area (Å²) in [5, 5.41) is 21.7. The van der Waals surface area contributed by atoms with Gasteiger partial charge in [0.05, 0.1) is 21.3 Å². The van der Waals surface area contributed by atoms with E-state index in [9.17, 15) is 29.2 Å². The summed E-state index contributed by atoms with van der Waals surface area (Å²) >= 11 is 0. The van der Waals surface area contributed by atoms with Crippen molar-refractivity contribution in [3.05, 3.63) is 68.8 Å². The second kappa shape index (κ2) is 8.23.